The molecule has 0 aliphatic rings. The molecular formula is C16H18N2O2. The second-order valence-electron chi connectivity index (χ2n) is 4.50. The number of hydrogen-bond acceptors (Lipinski definition) is 3. The fraction of sp³-hybridized carbons (Fsp3) is 0.188. The number of aryl methyl sites for hydroxylation is 1. The van der Waals surface area contributed by atoms with Gasteiger partial charge in [-0.05, 0) is 30.7 Å². The number of anilines is 2. The molecule has 104 valence electrons. The van der Waals surface area contributed by atoms with Crippen molar-refractivity contribution >= 4 is 17.3 Å². The molecule has 0 spiro atoms. The predicted octanol–water partition coefficient (Wildman–Crippen LogP) is 2.98. The number of ether oxygens (including phenoxy) is 1. The highest BCUT2D eigenvalue weighted by atomic mass is 16.5. The Labute approximate surface area is 118 Å². The normalized spacial score (nSPS) is 10.1. The molecule has 0 atom stereocenters. The first kappa shape index (κ1) is 13.9. The summed E-state index contributed by atoms with van der Waals surface area (Å²) in [5, 5.41) is 2.82. The van der Waals surface area contributed by atoms with Crippen molar-refractivity contribution in [1.82, 2.24) is 0 Å². The highest BCUT2D eigenvalue weighted by Crippen LogP contribution is 2.22. The molecule has 0 radical (unpaired) electrons. The van der Waals surface area contributed by atoms with E-state index in [1.165, 1.54) is 0 Å². The number of amides is 1. The fourth-order valence-electron chi connectivity index (χ4n) is 1.84. The van der Waals surface area contributed by atoms with E-state index in [0.717, 1.165) is 11.3 Å². The van der Waals surface area contributed by atoms with Gasteiger partial charge in [-0.2, -0.15) is 0 Å². The molecule has 0 saturated heterocycles. The molecule has 0 aromatic heterocycles. The van der Waals surface area contributed by atoms with Crippen LogP contribution in [0.1, 0.15) is 12.0 Å². The van der Waals surface area contributed by atoms with Crippen LogP contribution in [0.15, 0.2) is 48.5 Å². The molecule has 4 heteroatoms. The van der Waals surface area contributed by atoms with Crippen LogP contribution in [0.25, 0.3) is 0 Å². The van der Waals surface area contributed by atoms with Crippen LogP contribution in [0, 0.1) is 6.92 Å². The van der Waals surface area contributed by atoms with Gasteiger partial charge in [-0.15, -0.1) is 0 Å². The average Bonchev–Trinajstić information content (AvgIpc) is 2.44. The van der Waals surface area contributed by atoms with E-state index in [-0.39, 0.29) is 12.3 Å². The molecular weight excluding hydrogens is 252 g/mol. The number of hydrogen-bond donors (Lipinski definition) is 2. The van der Waals surface area contributed by atoms with Crippen LogP contribution < -0.4 is 15.8 Å². The fourth-order valence-corrected chi connectivity index (χ4v) is 1.84. The molecule has 0 heterocycles. The van der Waals surface area contributed by atoms with E-state index in [1.807, 2.05) is 49.4 Å². The van der Waals surface area contributed by atoms with Crippen LogP contribution in [-0.2, 0) is 4.79 Å². The number of rotatable bonds is 5. The standard InChI is InChI=1S/C16H18N2O2/c1-12-6-5-9-14(17)16(12)18-15(19)10-11-20-13-7-3-2-4-8-13/h2-9H,10-11,17H2,1H3,(H,18,19). The van der Waals surface area contributed by atoms with Gasteiger partial charge in [-0.25, -0.2) is 0 Å². The molecule has 2 aromatic rings. The van der Waals surface area contributed by atoms with Gasteiger partial charge in [0.2, 0.25) is 5.91 Å². The van der Waals surface area contributed by atoms with E-state index >= 15 is 0 Å². The minimum absolute atomic E-state index is 0.109. The van der Waals surface area contributed by atoms with E-state index in [1.54, 1.807) is 6.07 Å². The van der Waals surface area contributed by atoms with Gasteiger partial charge >= 0.3 is 0 Å². The summed E-state index contributed by atoms with van der Waals surface area (Å²) in [5.74, 6) is 0.651. The van der Waals surface area contributed by atoms with Crippen LogP contribution in [0.4, 0.5) is 11.4 Å². The maximum absolute atomic E-state index is 11.9. The van der Waals surface area contributed by atoms with Crippen LogP contribution in [0.2, 0.25) is 0 Å². The second-order valence-corrected chi connectivity index (χ2v) is 4.50. The van der Waals surface area contributed by atoms with Crippen LogP contribution >= 0.6 is 0 Å². The quantitative estimate of drug-likeness (QED) is 0.821. The van der Waals surface area contributed by atoms with E-state index in [9.17, 15) is 4.79 Å². The van der Waals surface area contributed by atoms with Gasteiger partial charge in [0, 0.05) is 0 Å². The summed E-state index contributed by atoms with van der Waals surface area (Å²) in [6.07, 6.45) is 0.280. The topological polar surface area (TPSA) is 64.3 Å². The van der Waals surface area contributed by atoms with Gasteiger partial charge in [0.1, 0.15) is 5.75 Å². The number of para-hydroxylation sites is 2. The minimum Gasteiger partial charge on any atom is -0.493 e. The van der Waals surface area contributed by atoms with E-state index < -0.39 is 0 Å². The van der Waals surface area contributed by atoms with E-state index in [0.29, 0.717) is 18.0 Å². The molecule has 0 aliphatic carbocycles. The summed E-state index contributed by atoms with van der Waals surface area (Å²) >= 11 is 0. The van der Waals surface area contributed by atoms with Crippen molar-refractivity contribution < 1.29 is 9.53 Å². The minimum atomic E-state index is -0.109. The summed E-state index contributed by atoms with van der Waals surface area (Å²) in [6.45, 7) is 2.24. The van der Waals surface area contributed by atoms with Crippen molar-refractivity contribution in [2.45, 2.75) is 13.3 Å². The third kappa shape index (κ3) is 3.75. The Hall–Kier alpha value is -2.49. The van der Waals surface area contributed by atoms with Gasteiger partial charge in [0.05, 0.1) is 24.4 Å². The summed E-state index contributed by atoms with van der Waals surface area (Å²) in [7, 11) is 0. The summed E-state index contributed by atoms with van der Waals surface area (Å²) in [6, 6.07) is 15.0. The first-order chi connectivity index (χ1) is 9.66. The average molecular weight is 270 g/mol. The van der Waals surface area contributed by atoms with Gasteiger partial charge in [-0.1, -0.05) is 30.3 Å². The van der Waals surface area contributed by atoms with Gasteiger partial charge in [-0.3, -0.25) is 4.79 Å². The van der Waals surface area contributed by atoms with Crippen molar-refractivity contribution in [2.75, 3.05) is 17.7 Å². The first-order valence-electron chi connectivity index (χ1n) is 6.49. The largest absolute Gasteiger partial charge is 0.493 e. The second kappa shape index (κ2) is 6.61. The number of benzene rings is 2. The lowest BCUT2D eigenvalue weighted by atomic mass is 10.1. The molecule has 0 unspecified atom stereocenters. The molecule has 4 nitrogen and oxygen atoms in total. The molecule has 0 fully saturated rings. The molecule has 0 saturated carbocycles. The molecule has 0 bridgehead atoms. The predicted molar refractivity (Wildman–Crippen MR) is 80.8 cm³/mol. The maximum atomic E-state index is 11.9. The maximum Gasteiger partial charge on any atom is 0.227 e. The number of nitrogens with two attached hydrogens (primary N) is 1. The molecule has 1 amide bonds. The lowest BCUT2D eigenvalue weighted by Gasteiger charge is -2.11. The first-order valence-corrected chi connectivity index (χ1v) is 6.49. The number of carbonyl (C=O) groups excluding carboxylic acids is 1. The number of nitrogen functional groups attached to an aromatic ring is 1. The van der Waals surface area contributed by atoms with Gasteiger partial charge in [0.15, 0.2) is 0 Å². The zero-order valence-corrected chi connectivity index (χ0v) is 11.4. The number of carbonyl (C=O) groups is 1. The van der Waals surface area contributed by atoms with Crippen molar-refractivity contribution in [2.24, 2.45) is 0 Å². The van der Waals surface area contributed by atoms with E-state index in [4.69, 9.17) is 10.5 Å². The summed E-state index contributed by atoms with van der Waals surface area (Å²) in [5.41, 5.74) is 8.04. The highest BCUT2D eigenvalue weighted by molar-refractivity contribution is 5.94. The SMILES string of the molecule is Cc1cccc(N)c1NC(=O)CCOc1ccccc1. The monoisotopic (exact) mass is 270 g/mol. The number of nitrogens with one attached hydrogen (secondary N) is 1. The third-order valence-electron chi connectivity index (χ3n) is 2.91. The molecule has 3 N–H and O–H groups in total. The van der Waals surface area contributed by atoms with Crippen molar-refractivity contribution in [3.63, 3.8) is 0 Å². The molecule has 0 aliphatic heterocycles. The lowest BCUT2D eigenvalue weighted by Crippen LogP contribution is -2.16. The van der Waals surface area contributed by atoms with Crippen LogP contribution in [0.3, 0.4) is 0 Å². The summed E-state index contributed by atoms with van der Waals surface area (Å²) < 4.78 is 5.48. The zero-order valence-electron chi connectivity index (χ0n) is 11.4. The van der Waals surface area contributed by atoms with Crippen molar-refractivity contribution in [3.05, 3.63) is 54.1 Å². The van der Waals surface area contributed by atoms with Gasteiger partial charge in [0.25, 0.3) is 0 Å². The Kier molecular flexibility index (Phi) is 4.60. The molecule has 20 heavy (non-hydrogen) atoms. The van der Waals surface area contributed by atoms with Crippen LogP contribution in [-0.4, -0.2) is 12.5 Å². The van der Waals surface area contributed by atoms with Crippen LogP contribution in [0.5, 0.6) is 5.75 Å². The summed E-state index contributed by atoms with van der Waals surface area (Å²) in [4.78, 5) is 11.9. The molecule has 2 aromatic carbocycles. The molecule has 2 rings (SSSR count). The Bertz CT molecular complexity index is 562. The highest BCUT2D eigenvalue weighted by Gasteiger charge is 2.07. The zero-order chi connectivity index (χ0) is 14.4. The van der Waals surface area contributed by atoms with Crippen molar-refractivity contribution in [1.29, 1.82) is 0 Å². The van der Waals surface area contributed by atoms with Gasteiger partial charge < -0.3 is 15.8 Å². The lowest BCUT2D eigenvalue weighted by molar-refractivity contribution is -0.116. The Balaban J connectivity index is 1.84. The van der Waals surface area contributed by atoms with Crippen molar-refractivity contribution in [3.8, 4) is 5.75 Å². The Morgan fingerprint density at radius 2 is 1.90 bits per heavy atom. The Morgan fingerprint density at radius 3 is 2.60 bits per heavy atom. The van der Waals surface area contributed by atoms with E-state index in [2.05, 4.69) is 5.32 Å². The smallest absolute Gasteiger partial charge is 0.227 e. The third-order valence-corrected chi connectivity index (χ3v) is 2.91. The Morgan fingerprint density at radius 1 is 1.15 bits per heavy atom.